The average Bonchev–Trinajstić information content (AvgIpc) is 0.853. The molecule has 118 heavy (non-hydrogen) atoms. The molecule has 16 amide bonds. The van der Waals surface area contributed by atoms with E-state index in [2.05, 4.69) is 69.1 Å². The van der Waals surface area contributed by atoms with E-state index in [0.717, 1.165) is 27.7 Å². The molecule has 1 aromatic carbocycles. The monoisotopic (exact) mass is 1680 g/mol. The van der Waals surface area contributed by atoms with Gasteiger partial charge in [-0.2, -0.15) is 0 Å². The first-order chi connectivity index (χ1) is 54.7. The third-order valence-electron chi connectivity index (χ3n) is 17.0. The van der Waals surface area contributed by atoms with Crippen molar-refractivity contribution in [2.24, 2.45) is 23.5 Å². The first-order valence-electron chi connectivity index (χ1n) is 37.3. The lowest BCUT2D eigenvalue weighted by Crippen LogP contribution is -2.62. The number of aliphatic hydroxyl groups is 2. The Morgan fingerprint density at radius 1 is 0.288 bits per heavy atom. The summed E-state index contributed by atoms with van der Waals surface area (Å²) in [6.07, 6.45) is -13.1. The Labute approximate surface area is 676 Å². The first kappa shape index (κ1) is 103. The van der Waals surface area contributed by atoms with Gasteiger partial charge in [-0.05, 0) is 90.0 Å². The number of primary amides is 1. The fraction of sp³-hybridized carbons (Fsp3) is 0.611. The average molecular weight is 1680 g/mol. The molecular formula is C72H110N16O30. The van der Waals surface area contributed by atoms with Crippen LogP contribution in [-0.2, 0) is 112 Å². The van der Waals surface area contributed by atoms with Crippen molar-refractivity contribution in [3.8, 4) is 0 Å². The molecule has 0 saturated heterocycles. The third-order valence-corrected chi connectivity index (χ3v) is 17.0. The molecule has 0 fully saturated rings. The van der Waals surface area contributed by atoms with E-state index >= 15 is 0 Å². The Kier molecular flexibility index (Phi) is 44.5. The number of carboxylic acid groups (broad SMARTS) is 6. The van der Waals surface area contributed by atoms with Crippen LogP contribution >= 0.6 is 0 Å². The number of hydrogen-bond donors (Lipinski definition) is 24. The second kappa shape index (κ2) is 50.7. The first-order valence-corrected chi connectivity index (χ1v) is 37.3. The van der Waals surface area contributed by atoms with E-state index < -0.39 is 303 Å². The molecule has 46 heteroatoms. The highest BCUT2D eigenvalue weighted by molar-refractivity contribution is 6.02. The minimum atomic E-state index is -2.27. The summed E-state index contributed by atoms with van der Waals surface area (Å²) < 4.78 is 0. The molecule has 0 aliphatic heterocycles. The molecule has 0 aliphatic rings. The number of aliphatic carboxylic acids is 6. The molecule has 1 aromatic rings. The summed E-state index contributed by atoms with van der Waals surface area (Å²) in [5, 5.41) is 113. The second-order valence-electron chi connectivity index (χ2n) is 29.2. The predicted octanol–water partition coefficient (Wildman–Crippen LogP) is -7.41. The number of rotatable bonds is 54. The summed E-state index contributed by atoms with van der Waals surface area (Å²) >= 11 is 0. The Bertz CT molecular complexity index is 3770. The summed E-state index contributed by atoms with van der Waals surface area (Å²) in [7, 11) is 0. The van der Waals surface area contributed by atoms with Crippen LogP contribution in [0.25, 0.3) is 0 Å². The zero-order valence-electron chi connectivity index (χ0n) is 67.1. The SMILES string of the molecule is CC(=O)N[C@@H](CC(=O)O)C(=O)N[C@@H](Cc1ccccc1)C(=O)N[C@H](C(=O)N[C@@H](C)C(=O)N[C@@H](CC(=O)O)C(=O)N[C@@H](CC(=O)O)C(=O)N[C@@H](CC(C)C)C(=O)N[C@@H](CCC(=O)O)C(=O)N[C@@H](CCC(=O)O)C(=O)N[C@@H](CC(C)C)C(=O)N[C@@H](CC(=O)O)C(=O)N[C@H](C(=O)N[C@@H](CC(C)C)C(=O)N[C@@H](C)C(=O)N[C@@H](C)C(N)=O)[C@@H](C)O)[C@@H](C)O. The van der Waals surface area contributed by atoms with Gasteiger partial charge in [0.25, 0.3) is 0 Å². The number of carboxylic acids is 6. The van der Waals surface area contributed by atoms with Crippen molar-refractivity contribution in [3.05, 3.63) is 35.9 Å². The zero-order chi connectivity index (χ0) is 90.5. The Balaban J connectivity index is 3.64. The number of aliphatic hydroxyl groups excluding tert-OH is 2. The van der Waals surface area contributed by atoms with Crippen molar-refractivity contribution in [2.75, 3.05) is 0 Å². The summed E-state index contributed by atoms with van der Waals surface area (Å²) in [5.41, 5.74) is 5.62. The maximum atomic E-state index is 14.3. The van der Waals surface area contributed by atoms with Crippen LogP contribution in [0, 0.1) is 17.8 Å². The van der Waals surface area contributed by atoms with E-state index in [1.54, 1.807) is 32.0 Å². The fourth-order valence-electron chi connectivity index (χ4n) is 11.0. The number of carbonyl (C=O) groups excluding carboxylic acids is 16. The third kappa shape index (κ3) is 39.7. The summed E-state index contributed by atoms with van der Waals surface area (Å²) in [5.74, 6) is -31.0. The van der Waals surface area contributed by atoms with Crippen LogP contribution in [0.1, 0.15) is 159 Å². The van der Waals surface area contributed by atoms with E-state index in [0.29, 0.717) is 5.56 Å². The van der Waals surface area contributed by atoms with Gasteiger partial charge in [0, 0.05) is 26.2 Å². The lowest BCUT2D eigenvalue weighted by molar-refractivity contribution is -0.143. The van der Waals surface area contributed by atoms with Gasteiger partial charge in [0.1, 0.15) is 90.6 Å². The highest BCUT2D eigenvalue weighted by Gasteiger charge is 2.41. The molecule has 0 bridgehead atoms. The fourth-order valence-corrected chi connectivity index (χ4v) is 11.0. The Morgan fingerprint density at radius 3 is 0.856 bits per heavy atom. The van der Waals surface area contributed by atoms with Gasteiger partial charge in [-0.15, -0.1) is 0 Å². The molecule has 0 unspecified atom stereocenters. The van der Waals surface area contributed by atoms with Crippen LogP contribution in [0.2, 0.25) is 0 Å². The van der Waals surface area contributed by atoms with Crippen LogP contribution < -0.4 is 85.5 Å². The lowest BCUT2D eigenvalue weighted by Gasteiger charge is -2.29. The quantitative estimate of drug-likeness (QED) is 0.0288. The van der Waals surface area contributed by atoms with E-state index in [9.17, 15) is 146 Å². The molecule has 1 rings (SSSR count). The van der Waals surface area contributed by atoms with E-state index in [1.165, 1.54) is 53.7 Å². The number of amides is 16. The van der Waals surface area contributed by atoms with Gasteiger partial charge >= 0.3 is 35.8 Å². The van der Waals surface area contributed by atoms with Crippen LogP contribution in [0.5, 0.6) is 0 Å². The van der Waals surface area contributed by atoms with Crippen LogP contribution in [0.4, 0.5) is 0 Å². The van der Waals surface area contributed by atoms with E-state index in [1.807, 2.05) is 10.6 Å². The topological polar surface area (TPSA) is 744 Å². The minimum Gasteiger partial charge on any atom is -0.481 e. The van der Waals surface area contributed by atoms with Crippen molar-refractivity contribution < 1.29 is 146 Å². The maximum Gasteiger partial charge on any atom is 0.305 e. The van der Waals surface area contributed by atoms with Crippen molar-refractivity contribution in [1.29, 1.82) is 0 Å². The van der Waals surface area contributed by atoms with Gasteiger partial charge < -0.3 is 126 Å². The molecule has 658 valence electrons. The standard InChI is InChI=1S/C72H110N16O30/c1-30(2)22-42(63(109)75-34(8)59(105)74-33(7)58(73)104)86-72(118)57(37(11)90)88-70(116)49(29-55(102)103)85-65(111)44(24-32(5)6)81-62(108)41(19-21-51(94)95)78-61(107)40(18-20-50(92)93)79-64(110)43(23-31(3)4)82-68(114)48(28-54(100)101)84-67(113)47(27-53(98)99)80-60(106)35(9)76-71(117)56(36(10)89)87-69(115)45(25-39-16-14-13-15-17-39)83-66(112)46(26-52(96)97)77-38(12)91/h13-17,30-37,40-49,56-57,89-90H,18-29H2,1-12H3,(H2,73,104)(H,74,105)(H,75,109)(H,76,117)(H,77,91)(H,78,107)(H,79,110)(H,80,106)(H,81,108)(H,82,114)(H,83,112)(H,84,113)(H,85,111)(H,86,118)(H,87,115)(H,88,116)(H,92,93)(H,94,95)(H,96,97)(H,98,99)(H,100,101)(H,102,103)/t33-,34-,35-,36+,37+,40-,41-,42-,43-,44-,45-,46-,47-,48-,49-,56-,57-/m0/s1. The summed E-state index contributed by atoms with van der Waals surface area (Å²) in [6, 6.07) is -19.5. The summed E-state index contributed by atoms with van der Waals surface area (Å²) in [4.78, 5) is 289. The van der Waals surface area contributed by atoms with Gasteiger partial charge in [0.05, 0.1) is 37.9 Å². The van der Waals surface area contributed by atoms with Crippen LogP contribution in [-0.4, -0.2) is 274 Å². The number of carbonyl (C=O) groups is 22. The zero-order valence-corrected chi connectivity index (χ0v) is 67.1. The molecule has 0 spiro atoms. The molecule has 25 N–H and O–H groups in total. The normalized spacial score (nSPS) is 15.4. The molecule has 46 nitrogen and oxygen atoms in total. The van der Waals surface area contributed by atoms with Gasteiger partial charge in [-0.25, -0.2) is 0 Å². The molecule has 0 heterocycles. The smallest absolute Gasteiger partial charge is 0.305 e. The van der Waals surface area contributed by atoms with E-state index in [4.69, 9.17) is 5.73 Å². The number of hydrogen-bond acceptors (Lipinski definition) is 24. The van der Waals surface area contributed by atoms with Crippen molar-refractivity contribution in [3.63, 3.8) is 0 Å². The number of nitrogens with one attached hydrogen (secondary N) is 15. The second-order valence-corrected chi connectivity index (χ2v) is 29.2. The molecule has 0 saturated carbocycles. The van der Waals surface area contributed by atoms with Gasteiger partial charge in [0.2, 0.25) is 94.5 Å². The highest BCUT2D eigenvalue weighted by Crippen LogP contribution is 2.15. The van der Waals surface area contributed by atoms with Crippen molar-refractivity contribution in [2.45, 2.75) is 263 Å². The summed E-state index contributed by atoms with van der Waals surface area (Å²) in [6.45, 7) is 15.9. The van der Waals surface area contributed by atoms with Gasteiger partial charge in [-0.3, -0.25) is 105 Å². The van der Waals surface area contributed by atoms with Gasteiger partial charge in [-0.1, -0.05) is 71.9 Å². The molecule has 0 aliphatic carbocycles. The lowest BCUT2D eigenvalue weighted by atomic mass is 10.00. The maximum absolute atomic E-state index is 14.3. The number of benzene rings is 1. The number of nitrogens with two attached hydrogens (primary N) is 1. The predicted molar refractivity (Wildman–Crippen MR) is 405 cm³/mol. The van der Waals surface area contributed by atoms with Crippen LogP contribution in [0.3, 0.4) is 0 Å². The molecule has 17 atom stereocenters. The molecule has 0 radical (unpaired) electrons. The Morgan fingerprint density at radius 2 is 0.534 bits per heavy atom. The Hall–Kier alpha value is -12.5. The van der Waals surface area contributed by atoms with Crippen molar-refractivity contribution in [1.82, 2.24) is 79.8 Å². The molecular weight excluding hydrogens is 1570 g/mol. The van der Waals surface area contributed by atoms with Gasteiger partial charge in [0.15, 0.2) is 0 Å². The highest BCUT2D eigenvalue weighted by atomic mass is 16.4. The largest absolute Gasteiger partial charge is 0.481 e. The minimum absolute atomic E-state index is 0.0987. The van der Waals surface area contributed by atoms with Crippen LogP contribution in [0.15, 0.2) is 30.3 Å². The van der Waals surface area contributed by atoms with Crippen molar-refractivity contribution >= 4 is 130 Å². The van der Waals surface area contributed by atoms with E-state index in [-0.39, 0.29) is 25.2 Å². The molecule has 0 aromatic heterocycles.